The van der Waals surface area contributed by atoms with E-state index in [1.165, 1.54) is 25.0 Å². The molecule has 0 unspecified atom stereocenters. The van der Waals surface area contributed by atoms with E-state index in [0.29, 0.717) is 0 Å². The topological polar surface area (TPSA) is 0 Å². The molecule has 0 atom stereocenters. The summed E-state index contributed by atoms with van der Waals surface area (Å²) in [6, 6.07) is 4.93. The van der Waals surface area contributed by atoms with Crippen LogP contribution in [0.1, 0.15) is 30.9 Å². The number of hydrogen-bond acceptors (Lipinski definition) is 0. The lowest BCUT2D eigenvalue weighted by atomic mass is 10.1. The van der Waals surface area contributed by atoms with Crippen molar-refractivity contribution in [3.05, 3.63) is 35.1 Å². The smallest absolute Gasteiger partial charge is 0.124 e. The molecule has 1 aliphatic carbocycles. The van der Waals surface area contributed by atoms with E-state index in [1.54, 1.807) is 0 Å². The molecule has 0 bridgehead atoms. The van der Waals surface area contributed by atoms with Crippen LogP contribution >= 0.6 is 0 Å². The molecule has 0 N–H and O–H groups in total. The van der Waals surface area contributed by atoms with Gasteiger partial charge >= 0.3 is 0 Å². The summed E-state index contributed by atoms with van der Waals surface area (Å²) < 4.78 is 13.0. The Balaban J connectivity index is 2.27. The molecule has 1 aromatic carbocycles. The van der Waals surface area contributed by atoms with Gasteiger partial charge in [0.1, 0.15) is 5.82 Å². The first-order valence-corrected chi connectivity index (χ1v) is 4.88. The average molecular weight is 188 g/mol. The molecule has 14 heavy (non-hydrogen) atoms. The fourth-order valence-corrected chi connectivity index (χ4v) is 1.34. The van der Waals surface area contributed by atoms with Gasteiger partial charge in [-0.15, -0.1) is 0 Å². The van der Waals surface area contributed by atoms with Crippen molar-refractivity contribution in [1.29, 1.82) is 0 Å². The molecule has 1 aromatic rings. The van der Waals surface area contributed by atoms with Crippen molar-refractivity contribution in [2.75, 3.05) is 0 Å². The average Bonchev–Trinajstić information content (AvgIpc) is 2.80. The maximum atomic E-state index is 13.0. The fraction of sp³-hybridized carbons (Fsp3) is 0.385. The highest BCUT2D eigenvalue weighted by atomic mass is 19.1. The zero-order chi connectivity index (χ0) is 10.2. The molecule has 2 rings (SSSR count). The van der Waals surface area contributed by atoms with Gasteiger partial charge in [0, 0.05) is 11.0 Å². The van der Waals surface area contributed by atoms with Crippen LogP contribution in [-0.2, 0) is 0 Å². The molecule has 72 valence electrons. The van der Waals surface area contributed by atoms with Crippen molar-refractivity contribution in [1.82, 2.24) is 0 Å². The second kappa shape index (κ2) is 3.13. The summed E-state index contributed by atoms with van der Waals surface area (Å²) in [5, 5.41) is 0. The zero-order valence-electron chi connectivity index (χ0n) is 8.52. The Hall–Kier alpha value is -1.29. The number of benzene rings is 1. The quantitative estimate of drug-likeness (QED) is 0.548. The number of aryl methyl sites for hydroxylation is 1. The predicted octanol–water partition coefficient (Wildman–Crippen LogP) is 3.29. The van der Waals surface area contributed by atoms with Crippen LogP contribution in [0, 0.1) is 30.0 Å². The molecule has 0 aromatic heterocycles. The van der Waals surface area contributed by atoms with Crippen LogP contribution in [0.3, 0.4) is 0 Å². The van der Waals surface area contributed by atoms with Gasteiger partial charge in [-0.25, -0.2) is 4.39 Å². The number of rotatable bonds is 0. The van der Waals surface area contributed by atoms with Crippen molar-refractivity contribution in [2.45, 2.75) is 26.7 Å². The lowest BCUT2D eigenvalue weighted by Gasteiger charge is -1.96. The Morgan fingerprint density at radius 1 is 1.29 bits per heavy atom. The van der Waals surface area contributed by atoms with E-state index in [0.717, 1.165) is 11.1 Å². The van der Waals surface area contributed by atoms with E-state index in [9.17, 15) is 4.39 Å². The maximum Gasteiger partial charge on any atom is 0.124 e. The molecular formula is C13H13F. The molecule has 0 saturated heterocycles. The maximum absolute atomic E-state index is 13.0. The minimum atomic E-state index is -0.199. The highest BCUT2D eigenvalue weighted by Crippen LogP contribution is 2.44. The van der Waals surface area contributed by atoms with Crippen molar-refractivity contribution >= 4 is 0 Å². The molecule has 0 spiro atoms. The van der Waals surface area contributed by atoms with Crippen molar-refractivity contribution in [3.8, 4) is 11.8 Å². The minimum absolute atomic E-state index is 0.199. The number of halogens is 1. The summed E-state index contributed by atoms with van der Waals surface area (Å²) in [4.78, 5) is 0. The molecule has 1 heteroatoms. The summed E-state index contributed by atoms with van der Waals surface area (Å²) in [5.41, 5.74) is 1.92. The monoisotopic (exact) mass is 188 g/mol. The van der Waals surface area contributed by atoms with Crippen LogP contribution in [0.25, 0.3) is 0 Å². The van der Waals surface area contributed by atoms with Gasteiger partial charge in [0.05, 0.1) is 0 Å². The zero-order valence-corrected chi connectivity index (χ0v) is 8.52. The summed E-state index contributed by atoms with van der Waals surface area (Å²) in [5.74, 6) is 6.03. The first-order valence-electron chi connectivity index (χ1n) is 4.88. The van der Waals surface area contributed by atoms with E-state index >= 15 is 0 Å². The van der Waals surface area contributed by atoms with E-state index in [4.69, 9.17) is 0 Å². The van der Waals surface area contributed by atoms with Crippen LogP contribution in [-0.4, -0.2) is 0 Å². The SMILES string of the molecule is Cc1cc(F)cc(C#CC2(C)CC2)c1. The highest BCUT2D eigenvalue weighted by molar-refractivity contribution is 5.39. The Kier molecular flexibility index (Phi) is 2.07. The lowest BCUT2D eigenvalue weighted by Crippen LogP contribution is -1.87. The molecule has 0 aliphatic heterocycles. The van der Waals surface area contributed by atoms with Gasteiger partial charge in [0.25, 0.3) is 0 Å². The van der Waals surface area contributed by atoms with Crippen LogP contribution in [0.15, 0.2) is 18.2 Å². The van der Waals surface area contributed by atoms with E-state index in [2.05, 4.69) is 18.8 Å². The first kappa shape index (κ1) is 9.27. The van der Waals surface area contributed by atoms with Gasteiger partial charge in [-0.2, -0.15) is 0 Å². The van der Waals surface area contributed by atoms with Crippen molar-refractivity contribution < 1.29 is 4.39 Å². The molecule has 0 amide bonds. The third kappa shape index (κ3) is 2.14. The second-order valence-electron chi connectivity index (χ2n) is 4.33. The van der Waals surface area contributed by atoms with Crippen molar-refractivity contribution in [2.24, 2.45) is 5.41 Å². The van der Waals surface area contributed by atoms with Crippen LogP contribution in [0.2, 0.25) is 0 Å². The summed E-state index contributed by atoms with van der Waals surface area (Å²) in [6.07, 6.45) is 2.35. The highest BCUT2D eigenvalue weighted by Gasteiger charge is 2.35. The Labute approximate surface area is 84.1 Å². The first-order chi connectivity index (χ1) is 6.57. The second-order valence-corrected chi connectivity index (χ2v) is 4.33. The summed E-state index contributed by atoms with van der Waals surface area (Å²) >= 11 is 0. The van der Waals surface area contributed by atoms with Gasteiger partial charge in [0.2, 0.25) is 0 Å². The van der Waals surface area contributed by atoms with E-state index in [-0.39, 0.29) is 11.2 Å². The number of hydrogen-bond donors (Lipinski definition) is 0. The fourth-order valence-electron chi connectivity index (χ4n) is 1.34. The molecule has 1 saturated carbocycles. The molecule has 1 aliphatic rings. The van der Waals surface area contributed by atoms with Crippen LogP contribution in [0.5, 0.6) is 0 Å². The molecule has 1 fully saturated rings. The van der Waals surface area contributed by atoms with Crippen molar-refractivity contribution in [3.63, 3.8) is 0 Å². The third-order valence-corrected chi connectivity index (χ3v) is 2.55. The van der Waals surface area contributed by atoms with E-state index < -0.39 is 0 Å². The predicted molar refractivity (Wildman–Crippen MR) is 55.4 cm³/mol. The van der Waals surface area contributed by atoms with Crippen LogP contribution < -0.4 is 0 Å². The Morgan fingerprint density at radius 3 is 2.57 bits per heavy atom. The molecule has 0 heterocycles. The van der Waals surface area contributed by atoms with Gasteiger partial charge < -0.3 is 0 Å². The molecule has 0 nitrogen and oxygen atoms in total. The normalized spacial score (nSPS) is 17.1. The molecular weight excluding hydrogens is 175 g/mol. The van der Waals surface area contributed by atoms with Crippen LogP contribution in [0.4, 0.5) is 4.39 Å². The third-order valence-electron chi connectivity index (χ3n) is 2.55. The summed E-state index contributed by atoms with van der Waals surface area (Å²) in [6.45, 7) is 4.03. The van der Waals surface area contributed by atoms with Gasteiger partial charge in [-0.05, 0) is 50.5 Å². The Morgan fingerprint density at radius 2 is 2.00 bits per heavy atom. The van der Waals surface area contributed by atoms with Gasteiger partial charge in [-0.3, -0.25) is 0 Å². The summed E-state index contributed by atoms with van der Waals surface area (Å²) in [7, 11) is 0. The largest absolute Gasteiger partial charge is 0.207 e. The Bertz CT molecular complexity index is 396. The lowest BCUT2D eigenvalue weighted by molar-refractivity contribution is 0.626. The standard InChI is InChI=1S/C13H13F/c1-10-7-11(9-12(14)8-10)3-4-13(2)5-6-13/h7-9H,5-6H2,1-2H3. The van der Waals surface area contributed by atoms with Gasteiger partial charge in [0.15, 0.2) is 0 Å². The molecule has 0 radical (unpaired) electrons. The van der Waals surface area contributed by atoms with Gasteiger partial charge in [-0.1, -0.05) is 11.8 Å². The van der Waals surface area contributed by atoms with E-state index in [1.807, 2.05) is 13.0 Å². The minimum Gasteiger partial charge on any atom is -0.207 e.